The predicted molar refractivity (Wildman–Crippen MR) is 71.5 cm³/mol. The molecule has 2 fully saturated rings. The summed E-state index contributed by atoms with van der Waals surface area (Å²) in [5.41, 5.74) is 0. The van der Waals surface area contributed by atoms with Crippen molar-refractivity contribution in [2.24, 2.45) is 0 Å². The van der Waals surface area contributed by atoms with Crippen LogP contribution in [0.1, 0.15) is 48.9 Å². The van der Waals surface area contributed by atoms with Gasteiger partial charge in [-0.3, -0.25) is 0 Å². The monoisotopic (exact) mass is 251 g/mol. The van der Waals surface area contributed by atoms with Crippen LogP contribution in [-0.4, -0.2) is 18.2 Å². The number of hydrogen-bond acceptors (Lipinski definition) is 3. The zero-order valence-corrected chi connectivity index (χ0v) is 11.4. The first-order valence-corrected chi connectivity index (χ1v) is 7.58. The maximum atomic E-state index is 5.89. The zero-order valence-electron chi connectivity index (χ0n) is 10.6. The second-order valence-electron chi connectivity index (χ2n) is 5.26. The van der Waals surface area contributed by atoms with E-state index < -0.39 is 0 Å². The molecule has 0 radical (unpaired) electrons. The third-order valence-electron chi connectivity index (χ3n) is 4.03. The number of hydrogen-bond donors (Lipinski definition) is 1. The van der Waals surface area contributed by atoms with Crippen LogP contribution in [-0.2, 0) is 11.2 Å². The third-order valence-corrected chi connectivity index (χ3v) is 5.44. The Hall–Kier alpha value is -0.380. The van der Waals surface area contributed by atoms with E-state index >= 15 is 0 Å². The van der Waals surface area contributed by atoms with Crippen molar-refractivity contribution >= 4 is 11.3 Å². The van der Waals surface area contributed by atoms with Gasteiger partial charge in [0.2, 0.25) is 0 Å². The van der Waals surface area contributed by atoms with Crippen LogP contribution in [0.4, 0.5) is 0 Å². The fraction of sp³-hybridized carbons (Fsp3) is 0.714. The molecule has 0 spiro atoms. The average molecular weight is 251 g/mol. The van der Waals surface area contributed by atoms with Gasteiger partial charge in [0.15, 0.2) is 0 Å². The smallest absolute Gasteiger partial charge is 0.0733 e. The fourth-order valence-electron chi connectivity index (χ4n) is 3.03. The molecule has 3 rings (SSSR count). The minimum Gasteiger partial charge on any atom is -0.373 e. The summed E-state index contributed by atoms with van der Waals surface area (Å²) in [6.07, 6.45) is 5.90. The maximum absolute atomic E-state index is 5.89. The summed E-state index contributed by atoms with van der Waals surface area (Å²) in [4.78, 5) is 2.95. The van der Waals surface area contributed by atoms with E-state index in [4.69, 9.17) is 4.74 Å². The fourth-order valence-corrected chi connectivity index (χ4v) is 4.00. The normalized spacial score (nSPS) is 33.2. The molecule has 3 heterocycles. The Morgan fingerprint density at radius 3 is 2.94 bits per heavy atom. The van der Waals surface area contributed by atoms with E-state index in [0.717, 1.165) is 6.42 Å². The molecule has 2 saturated heterocycles. The number of ether oxygens (including phenoxy) is 1. The topological polar surface area (TPSA) is 21.3 Å². The van der Waals surface area contributed by atoms with Gasteiger partial charge in [-0.1, -0.05) is 6.92 Å². The molecule has 0 aromatic carbocycles. The first-order valence-electron chi connectivity index (χ1n) is 6.76. The molecule has 2 aliphatic heterocycles. The van der Waals surface area contributed by atoms with Crippen molar-refractivity contribution in [3.63, 3.8) is 0 Å². The molecule has 2 nitrogen and oxygen atoms in total. The van der Waals surface area contributed by atoms with E-state index in [9.17, 15) is 0 Å². The van der Waals surface area contributed by atoms with Crippen LogP contribution >= 0.6 is 11.3 Å². The molecule has 94 valence electrons. The lowest BCUT2D eigenvalue weighted by Gasteiger charge is -2.24. The van der Waals surface area contributed by atoms with Gasteiger partial charge in [-0.05, 0) is 44.7 Å². The number of rotatable bonds is 4. The van der Waals surface area contributed by atoms with Crippen molar-refractivity contribution in [1.29, 1.82) is 0 Å². The Kier molecular flexibility index (Phi) is 3.24. The molecule has 2 bridgehead atoms. The van der Waals surface area contributed by atoms with Crippen molar-refractivity contribution in [3.8, 4) is 0 Å². The van der Waals surface area contributed by atoms with Gasteiger partial charge in [0.1, 0.15) is 0 Å². The molecule has 0 aliphatic carbocycles. The van der Waals surface area contributed by atoms with Crippen molar-refractivity contribution in [1.82, 2.24) is 5.32 Å². The van der Waals surface area contributed by atoms with Crippen molar-refractivity contribution in [2.45, 2.75) is 63.8 Å². The number of nitrogens with one attached hydrogen (secondary N) is 1. The average Bonchev–Trinajstić information content (AvgIpc) is 3.04. The molecule has 0 amide bonds. The van der Waals surface area contributed by atoms with Gasteiger partial charge in [0, 0.05) is 21.8 Å². The molecule has 2 aliphatic rings. The Bertz CT molecular complexity index is 389. The second-order valence-corrected chi connectivity index (χ2v) is 6.46. The standard InChI is InChI=1S/C14H21NOS/c1-3-11-5-7-14(17-11)9(2)15-12-8-10-4-6-13(12)16-10/h5,7,9-10,12-13,15H,3-4,6,8H2,1-2H3. The summed E-state index contributed by atoms with van der Waals surface area (Å²) in [6, 6.07) is 5.58. The van der Waals surface area contributed by atoms with E-state index in [1.807, 2.05) is 11.3 Å². The summed E-state index contributed by atoms with van der Waals surface area (Å²) in [5, 5.41) is 3.75. The van der Waals surface area contributed by atoms with Crippen LogP contribution < -0.4 is 5.32 Å². The molecular formula is C14H21NOS. The Morgan fingerprint density at radius 2 is 2.35 bits per heavy atom. The molecule has 3 heteroatoms. The van der Waals surface area contributed by atoms with Crippen LogP contribution in [0.25, 0.3) is 0 Å². The van der Waals surface area contributed by atoms with E-state index in [-0.39, 0.29) is 0 Å². The van der Waals surface area contributed by atoms with Crippen molar-refractivity contribution in [3.05, 3.63) is 21.9 Å². The van der Waals surface area contributed by atoms with Gasteiger partial charge in [-0.15, -0.1) is 11.3 Å². The lowest BCUT2D eigenvalue weighted by atomic mass is 9.95. The van der Waals surface area contributed by atoms with E-state index in [1.54, 1.807) is 0 Å². The minimum atomic E-state index is 0.466. The Morgan fingerprint density at radius 1 is 1.47 bits per heavy atom. The van der Waals surface area contributed by atoms with E-state index in [1.165, 1.54) is 29.0 Å². The number of fused-ring (bicyclic) bond motifs is 2. The zero-order chi connectivity index (χ0) is 11.8. The predicted octanol–water partition coefficient (Wildman–Crippen LogP) is 3.28. The Balaban J connectivity index is 1.61. The number of aryl methyl sites for hydroxylation is 1. The summed E-state index contributed by atoms with van der Waals surface area (Å²) in [5.74, 6) is 0. The maximum Gasteiger partial charge on any atom is 0.0733 e. The molecule has 17 heavy (non-hydrogen) atoms. The SMILES string of the molecule is CCc1ccc(C(C)NC2CC3CCC2O3)s1. The summed E-state index contributed by atoms with van der Waals surface area (Å²) >= 11 is 1.94. The van der Waals surface area contributed by atoms with Crippen LogP contribution in [0.2, 0.25) is 0 Å². The molecule has 1 aromatic rings. The van der Waals surface area contributed by atoms with Gasteiger partial charge in [0.05, 0.1) is 12.2 Å². The number of thiophene rings is 1. The highest BCUT2D eigenvalue weighted by atomic mass is 32.1. The van der Waals surface area contributed by atoms with Gasteiger partial charge >= 0.3 is 0 Å². The molecule has 4 unspecified atom stereocenters. The van der Waals surface area contributed by atoms with Crippen molar-refractivity contribution in [2.75, 3.05) is 0 Å². The van der Waals surface area contributed by atoms with Crippen LogP contribution in [0.5, 0.6) is 0 Å². The molecule has 4 atom stereocenters. The van der Waals surface area contributed by atoms with Crippen molar-refractivity contribution < 1.29 is 4.74 Å². The lowest BCUT2D eigenvalue weighted by Crippen LogP contribution is -2.38. The summed E-state index contributed by atoms with van der Waals surface area (Å²) in [6.45, 7) is 4.49. The summed E-state index contributed by atoms with van der Waals surface area (Å²) < 4.78 is 5.89. The van der Waals surface area contributed by atoms with E-state index in [2.05, 4.69) is 31.3 Å². The first-order chi connectivity index (χ1) is 8.26. The highest BCUT2D eigenvalue weighted by molar-refractivity contribution is 7.12. The Labute approximate surface area is 107 Å². The van der Waals surface area contributed by atoms with Crippen LogP contribution in [0, 0.1) is 0 Å². The minimum absolute atomic E-state index is 0.466. The largest absolute Gasteiger partial charge is 0.373 e. The van der Waals surface area contributed by atoms with Gasteiger partial charge in [0.25, 0.3) is 0 Å². The van der Waals surface area contributed by atoms with Gasteiger partial charge in [-0.25, -0.2) is 0 Å². The molecule has 1 aromatic heterocycles. The second kappa shape index (κ2) is 4.71. The lowest BCUT2D eigenvalue weighted by molar-refractivity contribution is 0.0963. The highest BCUT2D eigenvalue weighted by Gasteiger charge is 2.41. The van der Waals surface area contributed by atoms with Gasteiger partial charge in [-0.2, -0.15) is 0 Å². The van der Waals surface area contributed by atoms with Crippen LogP contribution in [0.15, 0.2) is 12.1 Å². The molecule has 0 saturated carbocycles. The third kappa shape index (κ3) is 2.28. The molecule has 1 N–H and O–H groups in total. The van der Waals surface area contributed by atoms with E-state index in [0.29, 0.717) is 24.3 Å². The van der Waals surface area contributed by atoms with Crippen LogP contribution in [0.3, 0.4) is 0 Å². The first kappa shape index (κ1) is 11.7. The van der Waals surface area contributed by atoms with Gasteiger partial charge < -0.3 is 10.1 Å². The summed E-state index contributed by atoms with van der Waals surface area (Å²) in [7, 11) is 0. The quantitative estimate of drug-likeness (QED) is 0.886. The molecular weight excluding hydrogens is 230 g/mol. The highest BCUT2D eigenvalue weighted by Crippen LogP contribution is 2.36.